The highest BCUT2D eigenvalue weighted by atomic mass is 32.1. The van der Waals surface area contributed by atoms with Crippen LogP contribution in [0.5, 0.6) is 0 Å². The number of imidazole rings is 1. The van der Waals surface area contributed by atoms with E-state index in [-0.39, 0.29) is 5.91 Å². The molecule has 1 aromatic carbocycles. The highest BCUT2D eigenvalue weighted by Gasteiger charge is 2.05. The number of carbonyl (C=O) groups excluding carboxylic acids is 1. The topological polar surface area (TPSA) is 72.9 Å². The Bertz CT molecular complexity index is 749. The standard InChI is InChI=1S/C15H14N4OS/c16-15(20)11-6-14(21-9-11)8-18-12-2-1-3-13(7-12)19-5-4-17-10-19/h1-7,9-10,18H,8H2,(H2,16,20). The van der Waals surface area contributed by atoms with Crippen molar-refractivity contribution in [1.82, 2.24) is 9.55 Å². The van der Waals surface area contributed by atoms with Gasteiger partial charge in [-0.15, -0.1) is 11.3 Å². The maximum atomic E-state index is 11.1. The number of hydrogen-bond donors (Lipinski definition) is 2. The second-order valence-corrected chi connectivity index (χ2v) is 5.54. The quantitative estimate of drug-likeness (QED) is 0.760. The number of hydrogen-bond acceptors (Lipinski definition) is 4. The molecular formula is C15H14N4OS. The summed E-state index contributed by atoms with van der Waals surface area (Å²) in [6, 6.07) is 9.87. The summed E-state index contributed by atoms with van der Waals surface area (Å²) in [5.41, 5.74) is 7.86. The number of anilines is 1. The number of nitrogens with one attached hydrogen (secondary N) is 1. The molecule has 6 heteroatoms. The fourth-order valence-corrected chi connectivity index (χ4v) is 2.79. The van der Waals surface area contributed by atoms with Gasteiger partial charge in [-0.2, -0.15) is 0 Å². The van der Waals surface area contributed by atoms with Crippen molar-refractivity contribution < 1.29 is 4.79 Å². The van der Waals surface area contributed by atoms with Gasteiger partial charge in [0.25, 0.3) is 0 Å². The van der Waals surface area contributed by atoms with Crippen molar-refractivity contribution in [3.05, 3.63) is 64.9 Å². The SMILES string of the molecule is NC(=O)c1csc(CNc2cccc(-n3ccnc3)c2)c1. The molecule has 106 valence electrons. The zero-order valence-corrected chi connectivity index (χ0v) is 12.0. The fraction of sp³-hybridized carbons (Fsp3) is 0.0667. The molecule has 0 spiro atoms. The summed E-state index contributed by atoms with van der Waals surface area (Å²) in [6.45, 7) is 0.658. The Balaban J connectivity index is 1.70. The van der Waals surface area contributed by atoms with Gasteiger partial charge in [-0.05, 0) is 24.3 Å². The Kier molecular flexibility index (Phi) is 3.70. The third kappa shape index (κ3) is 3.11. The van der Waals surface area contributed by atoms with Gasteiger partial charge >= 0.3 is 0 Å². The van der Waals surface area contributed by atoms with Crippen LogP contribution >= 0.6 is 11.3 Å². The lowest BCUT2D eigenvalue weighted by atomic mass is 10.2. The van der Waals surface area contributed by atoms with E-state index in [2.05, 4.69) is 10.3 Å². The lowest BCUT2D eigenvalue weighted by Crippen LogP contribution is -2.09. The van der Waals surface area contributed by atoms with Crippen molar-refractivity contribution in [2.24, 2.45) is 5.73 Å². The summed E-state index contributed by atoms with van der Waals surface area (Å²) >= 11 is 1.52. The molecular weight excluding hydrogens is 284 g/mol. The molecule has 0 aliphatic heterocycles. The summed E-state index contributed by atoms with van der Waals surface area (Å²) in [4.78, 5) is 16.2. The molecule has 2 heterocycles. The maximum Gasteiger partial charge on any atom is 0.249 e. The predicted molar refractivity (Wildman–Crippen MR) is 83.7 cm³/mol. The van der Waals surface area contributed by atoms with Crippen LogP contribution in [0.2, 0.25) is 0 Å². The van der Waals surface area contributed by atoms with Gasteiger partial charge in [-0.3, -0.25) is 4.79 Å². The normalized spacial score (nSPS) is 10.5. The molecule has 3 aromatic rings. The van der Waals surface area contributed by atoms with Crippen molar-refractivity contribution in [3.63, 3.8) is 0 Å². The molecule has 0 unspecified atom stereocenters. The predicted octanol–water partition coefficient (Wildman–Crippen LogP) is 2.64. The van der Waals surface area contributed by atoms with Crippen LogP contribution in [0, 0.1) is 0 Å². The Morgan fingerprint density at radius 1 is 1.38 bits per heavy atom. The molecule has 2 aromatic heterocycles. The second kappa shape index (κ2) is 5.80. The Hall–Kier alpha value is -2.60. The average molecular weight is 298 g/mol. The van der Waals surface area contributed by atoms with Crippen LogP contribution in [0.25, 0.3) is 5.69 Å². The molecule has 3 N–H and O–H groups in total. The first kappa shape index (κ1) is 13.4. The van der Waals surface area contributed by atoms with E-state index in [1.54, 1.807) is 17.9 Å². The minimum Gasteiger partial charge on any atom is -0.380 e. The number of primary amides is 1. The summed E-state index contributed by atoms with van der Waals surface area (Å²) in [7, 11) is 0. The molecule has 0 atom stereocenters. The van der Waals surface area contributed by atoms with E-state index < -0.39 is 0 Å². The van der Waals surface area contributed by atoms with E-state index in [0.29, 0.717) is 12.1 Å². The number of thiophene rings is 1. The zero-order valence-electron chi connectivity index (χ0n) is 11.2. The molecule has 0 aliphatic rings. The van der Waals surface area contributed by atoms with Crippen LogP contribution in [-0.4, -0.2) is 15.5 Å². The molecule has 0 radical (unpaired) electrons. The lowest BCUT2D eigenvalue weighted by molar-refractivity contribution is 0.100. The van der Waals surface area contributed by atoms with E-state index in [4.69, 9.17) is 5.73 Å². The van der Waals surface area contributed by atoms with E-state index in [1.807, 2.05) is 41.1 Å². The highest BCUT2D eigenvalue weighted by molar-refractivity contribution is 7.10. The highest BCUT2D eigenvalue weighted by Crippen LogP contribution is 2.18. The average Bonchev–Trinajstić information content (AvgIpc) is 3.17. The zero-order chi connectivity index (χ0) is 14.7. The van der Waals surface area contributed by atoms with E-state index >= 15 is 0 Å². The Labute approximate surface area is 126 Å². The molecule has 3 rings (SSSR count). The van der Waals surface area contributed by atoms with Gasteiger partial charge in [-0.1, -0.05) is 6.07 Å². The second-order valence-electron chi connectivity index (χ2n) is 4.54. The van der Waals surface area contributed by atoms with Gasteiger partial charge in [0.05, 0.1) is 11.9 Å². The number of aromatic nitrogens is 2. The molecule has 0 fully saturated rings. The third-order valence-electron chi connectivity index (χ3n) is 3.05. The summed E-state index contributed by atoms with van der Waals surface area (Å²) in [5.74, 6) is -0.389. The molecule has 1 amide bonds. The number of benzene rings is 1. The summed E-state index contributed by atoms with van der Waals surface area (Å²) in [5, 5.41) is 5.12. The van der Waals surface area contributed by atoms with Gasteiger partial charge in [-0.25, -0.2) is 4.98 Å². The molecule has 5 nitrogen and oxygen atoms in total. The van der Waals surface area contributed by atoms with E-state index in [9.17, 15) is 4.79 Å². The molecule has 0 saturated carbocycles. The number of nitrogens with zero attached hydrogens (tertiary/aromatic N) is 2. The molecule has 0 bridgehead atoms. The summed E-state index contributed by atoms with van der Waals surface area (Å²) in [6.07, 6.45) is 5.41. The van der Waals surface area contributed by atoms with Crippen molar-refractivity contribution in [1.29, 1.82) is 0 Å². The summed E-state index contributed by atoms with van der Waals surface area (Å²) < 4.78 is 1.95. The van der Waals surface area contributed by atoms with Crippen molar-refractivity contribution in [2.75, 3.05) is 5.32 Å². The largest absolute Gasteiger partial charge is 0.380 e. The minimum absolute atomic E-state index is 0.389. The first-order valence-electron chi connectivity index (χ1n) is 6.42. The van der Waals surface area contributed by atoms with E-state index in [1.165, 1.54) is 11.3 Å². The van der Waals surface area contributed by atoms with Gasteiger partial charge < -0.3 is 15.6 Å². The molecule has 0 aliphatic carbocycles. The fourth-order valence-electron chi connectivity index (χ4n) is 1.98. The van der Waals surface area contributed by atoms with Crippen LogP contribution in [0.1, 0.15) is 15.2 Å². The smallest absolute Gasteiger partial charge is 0.249 e. The number of amides is 1. The Morgan fingerprint density at radius 2 is 2.29 bits per heavy atom. The first-order chi connectivity index (χ1) is 10.2. The van der Waals surface area contributed by atoms with Gasteiger partial charge in [0, 0.05) is 40.6 Å². The number of rotatable bonds is 5. The molecule has 0 saturated heterocycles. The van der Waals surface area contributed by atoms with Crippen LogP contribution < -0.4 is 11.1 Å². The third-order valence-corrected chi connectivity index (χ3v) is 3.99. The van der Waals surface area contributed by atoms with Crippen LogP contribution in [0.3, 0.4) is 0 Å². The van der Waals surface area contributed by atoms with Crippen molar-refractivity contribution >= 4 is 22.9 Å². The number of nitrogens with two attached hydrogens (primary N) is 1. The van der Waals surface area contributed by atoms with E-state index in [0.717, 1.165) is 16.3 Å². The van der Waals surface area contributed by atoms with Gasteiger partial charge in [0.15, 0.2) is 0 Å². The van der Waals surface area contributed by atoms with Gasteiger partial charge in [0.1, 0.15) is 0 Å². The number of carbonyl (C=O) groups is 1. The Morgan fingerprint density at radius 3 is 3.00 bits per heavy atom. The van der Waals surface area contributed by atoms with Crippen molar-refractivity contribution in [3.8, 4) is 5.69 Å². The van der Waals surface area contributed by atoms with Gasteiger partial charge in [0.2, 0.25) is 5.91 Å². The first-order valence-corrected chi connectivity index (χ1v) is 7.30. The van der Waals surface area contributed by atoms with Crippen LogP contribution in [0.15, 0.2) is 54.4 Å². The van der Waals surface area contributed by atoms with Crippen molar-refractivity contribution in [2.45, 2.75) is 6.54 Å². The monoisotopic (exact) mass is 298 g/mol. The maximum absolute atomic E-state index is 11.1. The lowest BCUT2D eigenvalue weighted by Gasteiger charge is -2.08. The minimum atomic E-state index is -0.389. The van der Waals surface area contributed by atoms with Crippen LogP contribution in [0.4, 0.5) is 5.69 Å². The molecule has 21 heavy (non-hydrogen) atoms. The van der Waals surface area contributed by atoms with Crippen LogP contribution in [-0.2, 0) is 6.54 Å².